The van der Waals surface area contributed by atoms with E-state index >= 15 is 0 Å². The quantitative estimate of drug-likeness (QED) is 0.552. The summed E-state index contributed by atoms with van der Waals surface area (Å²) in [5, 5.41) is 2.75. The Hall–Kier alpha value is -2.26. The summed E-state index contributed by atoms with van der Waals surface area (Å²) in [5.41, 5.74) is 9.01. The maximum Gasteiger partial charge on any atom is 0.0890 e. The summed E-state index contributed by atoms with van der Waals surface area (Å²) in [6.07, 6.45) is 3.32. The number of aromatic nitrogens is 2. The Kier molecular flexibility index (Phi) is 7.02. The summed E-state index contributed by atoms with van der Waals surface area (Å²) >= 11 is 0. The average Bonchev–Trinajstić information content (AvgIpc) is 2.74. The lowest BCUT2D eigenvalue weighted by atomic mass is 9.64. The first-order valence-electron chi connectivity index (χ1n) is 11.0. The number of para-hydroxylation sites is 2. The second kappa shape index (κ2) is 9.49. The van der Waals surface area contributed by atoms with Crippen molar-refractivity contribution in [3.8, 4) is 0 Å². The number of fused-ring (bicyclic) bond motifs is 5. The highest BCUT2D eigenvalue weighted by Gasteiger charge is 2.39. The molecule has 1 N–H and O–H groups in total. The van der Waals surface area contributed by atoms with E-state index in [9.17, 15) is 0 Å². The van der Waals surface area contributed by atoms with Crippen molar-refractivity contribution in [3.63, 3.8) is 0 Å². The number of benzene rings is 2. The first kappa shape index (κ1) is 21.4. The Balaban J connectivity index is 0.000000443. The summed E-state index contributed by atoms with van der Waals surface area (Å²) in [5.74, 6) is 2.01. The molecule has 0 aliphatic heterocycles. The fourth-order valence-electron chi connectivity index (χ4n) is 4.81. The van der Waals surface area contributed by atoms with Gasteiger partial charge in [-0.3, -0.25) is 0 Å². The van der Waals surface area contributed by atoms with Gasteiger partial charge in [0.15, 0.2) is 0 Å². The van der Waals surface area contributed by atoms with E-state index in [1.807, 2.05) is 27.9 Å². The molecule has 0 saturated heterocycles. The fourth-order valence-corrected chi connectivity index (χ4v) is 4.81. The molecule has 2 aliphatic carbocycles. The molecule has 1 aromatic heterocycles. The van der Waals surface area contributed by atoms with E-state index < -0.39 is 0 Å². The van der Waals surface area contributed by atoms with Gasteiger partial charge < -0.3 is 5.32 Å². The highest BCUT2D eigenvalue weighted by molar-refractivity contribution is 5.74. The zero-order valence-electron chi connectivity index (χ0n) is 18.8. The molecule has 3 unspecified atom stereocenters. The predicted molar refractivity (Wildman–Crippen MR) is 124 cm³/mol. The van der Waals surface area contributed by atoms with Crippen LogP contribution in [0.4, 0.5) is 0 Å². The number of hydrogen-bond acceptors (Lipinski definition) is 3. The third kappa shape index (κ3) is 4.35. The van der Waals surface area contributed by atoms with Crippen molar-refractivity contribution >= 4 is 11.0 Å². The number of hydrogen-bond donors (Lipinski definition) is 1. The van der Waals surface area contributed by atoms with Crippen LogP contribution in [0.15, 0.2) is 42.5 Å². The highest BCUT2D eigenvalue weighted by atomic mass is 14.8. The number of nitrogens with one attached hydrogen (secondary N) is 1. The number of rotatable bonds is 0. The molecule has 154 valence electrons. The molecule has 0 amide bonds. The summed E-state index contributed by atoms with van der Waals surface area (Å²) in [7, 11) is 3.75. The molecule has 3 aromatic rings. The molecule has 2 aliphatic rings. The van der Waals surface area contributed by atoms with Gasteiger partial charge in [-0.05, 0) is 81.3 Å². The van der Waals surface area contributed by atoms with Gasteiger partial charge >= 0.3 is 0 Å². The zero-order chi connectivity index (χ0) is 21.0. The normalized spacial score (nSPS) is 21.5. The molecule has 3 nitrogen and oxygen atoms in total. The first-order chi connectivity index (χ1) is 14.1. The minimum atomic E-state index is 0.603. The molecule has 0 radical (unpaired) electrons. The molecule has 29 heavy (non-hydrogen) atoms. The third-order valence-corrected chi connectivity index (χ3v) is 6.06. The van der Waals surface area contributed by atoms with Crippen molar-refractivity contribution in [2.24, 2.45) is 11.8 Å². The van der Waals surface area contributed by atoms with Gasteiger partial charge in [-0.1, -0.05) is 56.7 Å². The van der Waals surface area contributed by atoms with Crippen molar-refractivity contribution in [2.45, 2.75) is 52.9 Å². The van der Waals surface area contributed by atoms with Gasteiger partial charge in [-0.2, -0.15) is 0 Å². The topological polar surface area (TPSA) is 37.8 Å². The van der Waals surface area contributed by atoms with Crippen molar-refractivity contribution in [2.75, 3.05) is 14.1 Å². The van der Waals surface area contributed by atoms with Gasteiger partial charge in [0.05, 0.1) is 22.4 Å². The van der Waals surface area contributed by atoms with Gasteiger partial charge in [0.1, 0.15) is 0 Å². The SMILES string of the molecule is CC.CNC.Cc1ccc2c(c1)C1Cc3nc4ccccc4nc3CC1C(C)C2. The molecular weight excluding hydrogens is 354 g/mol. The van der Waals surface area contributed by atoms with Crippen LogP contribution in [-0.4, -0.2) is 24.1 Å². The van der Waals surface area contributed by atoms with Gasteiger partial charge in [0.2, 0.25) is 0 Å². The molecule has 3 atom stereocenters. The van der Waals surface area contributed by atoms with Crippen LogP contribution in [0.3, 0.4) is 0 Å². The van der Waals surface area contributed by atoms with Gasteiger partial charge in [-0.15, -0.1) is 0 Å². The van der Waals surface area contributed by atoms with E-state index in [4.69, 9.17) is 9.97 Å². The van der Waals surface area contributed by atoms with Crippen LogP contribution < -0.4 is 5.32 Å². The molecule has 3 heteroatoms. The third-order valence-electron chi connectivity index (χ3n) is 6.06. The largest absolute Gasteiger partial charge is 0.323 e. The highest BCUT2D eigenvalue weighted by Crippen LogP contribution is 2.46. The van der Waals surface area contributed by atoms with Crippen LogP contribution in [0.5, 0.6) is 0 Å². The molecular formula is C26H35N3. The van der Waals surface area contributed by atoms with E-state index in [2.05, 4.69) is 61.6 Å². The van der Waals surface area contributed by atoms with Crippen molar-refractivity contribution in [1.29, 1.82) is 0 Å². The molecule has 0 fully saturated rings. The van der Waals surface area contributed by atoms with Gasteiger partial charge in [0, 0.05) is 0 Å². The van der Waals surface area contributed by atoms with Crippen LogP contribution in [0, 0.1) is 18.8 Å². The van der Waals surface area contributed by atoms with Crippen LogP contribution in [-0.2, 0) is 19.3 Å². The monoisotopic (exact) mass is 389 g/mol. The Labute approximate surface area is 176 Å². The maximum atomic E-state index is 4.96. The first-order valence-corrected chi connectivity index (χ1v) is 11.0. The summed E-state index contributed by atoms with van der Waals surface area (Å²) in [6, 6.07) is 15.3. The molecule has 0 bridgehead atoms. The molecule has 2 aromatic carbocycles. The minimum Gasteiger partial charge on any atom is -0.323 e. The van der Waals surface area contributed by atoms with E-state index in [1.165, 1.54) is 23.4 Å². The molecule has 5 rings (SSSR count). The van der Waals surface area contributed by atoms with E-state index in [0.717, 1.165) is 23.9 Å². The molecule has 1 heterocycles. The second-order valence-electron chi connectivity index (χ2n) is 8.17. The van der Waals surface area contributed by atoms with Crippen LogP contribution in [0.1, 0.15) is 54.8 Å². The summed E-state index contributed by atoms with van der Waals surface area (Å²) in [6.45, 7) is 8.62. The lowest BCUT2D eigenvalue weighted by Gasteiger charge is -2.41. The van der Waals surface area contributed by atoms with Gasteiger partial charge in [0.25, 0.3) is 0 Å². The van der Waals surface area contributed by atoms with Crippen molar-refractivity contribution in [1.82, 2.24) is 15.3 Å². The average molecular weight is 390 g/mol. The van der Waals surface area contributed by atoms with Gasteiger partial charge in [-0.25, -0.2) is 9.97 Å². The zero-order valence-corrected chi connectivity index (χ0v) is 18.8. The lowest BCUT2D eigenvalue weighted by molar-refractivity contribution is 0.254. The molecule has 0 spiro atoms. The Morgan fingerprint density at radius 3 is 2.07 bits per heavy atom. The standard InChI is InChI=1S/C22H22N2.C2H7N.C2H6/c1-13-7-8-15-10-14(2)16-11-21-22(12-18(16)17(15)9-13)24-20-6-4-3-5-19(20)23-21;1-3-2;1-2/h3-9,14,16,18H,10-12H2,1-2H3;3H,1-2H3;1-2H3. The van der Waals surface area contributed by atoms with Crippen LogP contribution in [0.25, 0.3) is 11.0 Å². The van der Waals surface area contributed by atoms with Crippen molar-refractivity contribution < 1.29 is 0 Å². The summed E-state index contributed by atoms with van der Waals surface area (Å²) < 4.78 is 0. The Morgan fingerprint density at radius 2 is 1.45 bits per heavy atom. The molecule has 0 saturated carbocycles. The lowest BCUT2D eigenvalue weighted by Crippen LogP contribution is -2.35. The summed E-state index contributed by atoms with van der Waals surface area (Å²) in [4.78, 5) is 9.92. The fraction of sp³-hybridized carbons (Fsp3) is 0.462. The number of aryl methyl sites for hydroxylation is 1. The van der Waals surface area contributed by atoms with E-state index in [-0.39, 0.29) is 0 Å². The predicted octanol–water partition coefficient (Wildman–Crippen LogP) is 5.49. The Morgan fingerprint density at radius 1 is 0.862 bits per heavy atom. The van der Waals surface area contributed by atoms with Crippen molar-refractivity contribution in [3.05, 3.63) is 70.5 Å². The number of nitrogens with zero attached hydrogens (tertiary/aromatic N) is 2. The van der Waals surface area contributed by atoms with E-state index in [0.29, 0.717) is 17.8 Å². The second-order valence-corrected chi connectivity index (χ2v) is 8.17. The maximum absolute atomic E-state index is 4.96. The minimum absolute atomic E-state index is 0.603. The van der Waals surface area contributed by atoms with Crippen LogP contribution >= 0.6 is 0 Å². The van der Waals surface area contributed by atoms with Crippen LogP contribution in [0.2, 0.25) is 0 Å². The van der Waals surface area contributed by atoms with E-state index in [1.54, 1.807) is 11.1 Å². The Bertz CT molecular complexity index is 963. The smallest absolute Gasteiger partial charge is 0.0890 e.